The molecule has 0 spiro atoms. The van der Waals surface area contributed by atoms with Gasteiger partial charge in [0.25, 0.3) is 0 Å². The largest absolute Gasteiger partial charge is 0.497 e. The van der Waals surface area contributed by atoms with Gasteiger partial charge < -0.3 is 4.74 Å². The number of halogens is 1. The molecule has 0 heterocycles. The Kier molecular flexibility index (Phi) is 5.47. The van der Waals surface area contributed by atoms with Gasteiger partial charge in [0, 0.05) is 12.4 Å². The summed E-state index contributed by atoms with van der Waals surface area (Å²) in [5.74, 6) is 0.982. The summed E-state index contributed by atoms with van der Waals surface area (Å²) in [5, 5.41) is 0. The Morgan fingerprint density at radius 2 is 1.94 bits per heavy atom. The summed E-state index contributed by atoms with van der Waals surface area (Å²) >= 11 is 5.42. The molecule has 1 aromatic carbocycles. The van der Waals surface area contributed by atoms with Gasteiger partial charge in [-0.3, -0.25) is 0 Å². The summed E-state index contributed by atoms with van der Waals surface area (Å²) in [6.07, 6.45) is 3.34. The standard InChI is InChI=1S/C11H14ClNO3S/c1-16-10-4-6-11(7-5-10)17(14,15)13-9-3-2-8-12/h2-7,13H,8-9H2,1H3/b3-2+. The molecule has 17 heavy (non-hydrogen) atoms. The van der Waals surface area contributed by atoms with Crippen LogP contribution in [0.2, 0.25) is 0 Å². The van der Waals surface area contributed by atoms with Crippen molar-refractivity contribution in [2.75, 3.05) is 19.5 Å². The van der Waals surface area contributed by atoms with Crippen LogP contribution in [0.25, 0.3) is 0 Å². The fraction of sp³-hybridized carbons (Fsp3) is 0.273. The second-order valence-electron chi connectivity index (χ2n) is 3.15. The number of ether oxygens (including phenoxy) is 1. The number of hydrogen-bond donors (Lipinski definition) is 1. The third-order valence-electron chi connectivity index (χ3n) is 2.02. The highest BCUT2D eigenvalue weighted by atomic mass is 35.5. The normalized spacial score (nSPS) is 11.9. The average molecular weight is 276 g/mol. The number of methoxy groups -OCH3 is 1. The maximum Gasteiger partial charge on any atom is 0.240 e. The molecule has 0 aliphatic heterocycles. The lowest BCUT2D eigenvalue weighted by atomic mass is 10.3. The Hall–Kier alpha value is -1.04. The van der Waals surface area contributed by atoms with Gasteiger partial charge >= 0.3 is 0 Å². The minimum Gasteiger partial charge on any atom is -0.497 e. The summed E-state index contributed by atoms with van der Waals surface area (Å²) < 4.78 is 30.9. The molecule has 1 rings (SSSR count). The van der Waals surface area contributed by atoms with Gasteiger partial charge in [-0.25, -0.2) is 13.1 Å². The second kappa shape index (κ2) is 6.64. The third kappa shape index (κ3) is 4.38. The van der Waals surface area contributed by atoms with Crippen molar-refractivity contribution in [3.05, 3.63) is 36.4 Å². The lowest BCUT2D eigenvalue weighted by Gasteiger charge is -2.05. The molecule has 0 saturated carbocycles. The first kappa shape index (κ1) is 14.0. The molecule has 0 aliphatic rings. The van der Waals surface area contributed by atoms with Crippen molar-refractivity contribution in [2.24, 2.45) is 0 Å². The summed E-state index contributed by atoms with van der Waals surface area (Å²) in [5.41, 5.74) is 0. The van der Waals surface area contributed by atoms with Gasteiger partial charge in [0.2, 0.25) is 10.0 Å². The lowest BCUT2D eigenvalue weighted by molar-refractivity contribution is 0.414. The summed E-state index contributed by atoms with van der Waals surface area (Å²) in [6.45, 7) is 0.223. The van der Waals surface area contributed by atoms with Gasteiger partial charge in [-0.2, -0.15) is 0 Å². The van der Waals surface area contributed by atoms with E-state index in [2.05, 4.69) is 4.72 Å². The molecule has 0 saturated heterocycles. The zero-order valence-corrected chi connectivity index (χ0v) is 11.0. The first-order chi connectivity index (χ1) is 8.10. The molecule has 0 amide bonds. The molecule has 1 N–H and O–H groups in total. The van der Waals surface area contributed by atoms with Crippen LogP contribution in [0.15, 0.2) is 41.3 Å². The molecular formula is C11H14ClNO3S. The van der Waals surface area contributed by atoms with E-state index in [4.69, 9.17) is 16.3 Å². The fourth-order valence-electron chi connectivity index (χ4n) is 1.14. The van der Waals surface area contributed by atoms with Crippen molar-refractivity contribution in [1.29, 1.82) is 0 Å². The summed E-state index contributed by atoms with van der Waals surface area (Å²) in [7, 11) is -1.94. The molecule has 4 nitrogen and oxygen atoms in total. The molecule has 94 valence electrons. The minimum absolute atomic E-state index is 0.206. The predicted octanol–water partition coefficient (Wildman–Crippen LogP) is 1.77. The zero-order valence-electron chi connectivity index (χ0n) is 9.39. The van der Waals surface area contributed by atoms with Crippen LogP contribution in [0.5, 0.6) is 5.75 Å². The van der Waals surface area contributed by atoms with Gasteiger partial charge in [0.15, 0.2) is 0 Å². The number of alkyl halides is 1. The Balaban J connectivity index is 2.72. The Labute approximate surface area is 106 Å². The molecular weight excluding hydrogens is 262 g/mol. The summed E-state index contributed by atoms with van der Waals surface area (Å²) in [4.78, 5) is 0.206. The van der Waals surface area contributed by atoms with E-state index < -0.39 is 10.0 Å². The first-order valence-electron chi connectivity index (χ1n) is 4.95. The van der Waals surface area contributed by atoms with E-state index >= 15 is 0 Å². The average Bonchev–Trinajstić information content (AvgIpc) is 2.35. The minimum atomic E-state index is -3.47. The fourth-order valence-corrected chi connectivity index (χ4v) is 2.25. The highest BCUT2D eigenvalue weighted by Crippen LogP contribution is 2.14. The third-order valence-corrected chi connectivity index (χ3v) is 3.63. The van der Waals surface area contributed by atoms with Crippen LogP contribution >= 0.6 is 11.6 Å². The Morgan fingerprint density at radius 1 is 1.29 bits per heavy atom. The van der Waals surface area contributed by atoms with Crippen molar-refractivity contribution in [1.82, 2.24) is 4.72 Å². The van der Waals surface area contributed by atoms with E-state index in [9.17, 15) is 8.42 Å². The summed E-state index contributed by atoms with van der Waals surface area (Å²) in [6, 6.07) is 6.19. The molecule has 0 radical (unpaired) electrons. The van der Waals surface area contributed by atoms with Gasteiger partial charge in [0.05, 0.1) is 12.0 Å². The number of benzene rings is 1. The maximum atomic E-state index is 11.8. The van der Waals surface area contributed by atoms with Crippen LogP contribution in [-0.2, 0) is 10.0 Å². The Bertz CT molecular complexity index is 468. The van der Waals surface area contributed by atoms with E-state index in [0.29, 0.717) is 11.6 Å². The van der Waals surface area contributed by atoms with Gasteiger partial charge in [-0.1, -0.05) is 12.2 Å². The maximum absolute atomic E-state index is 11.8. The number of hydrogen-bond acceptors (Lipinski definition) is 3. The molecule has 0 atom stereocenters. The molecule has 0 unspecified atom stereocenters. The zero-order chi connectivity index (χ0) is 12.7. The SMILES string of the molecule is COc1ccc(S(=O)(=O)NC/C=C/CCl)cc1. The van der Waals surface area contributed by atoms with Gasteiger partial charge in [-0.15, -0.1) is 11.6 Å². The molecule has 1 aromatic rings. The lowest BCUT2D eigenvalue weighted by Crippen LogP contribution is -2.23. The van der Waals surface area contributed by atoms with E-state index in [-0.39, 0.29) is 11.4 Å². The smallest absolute Gasteiger partial charge is 0.240 e. The van der Waals surface area contributed by atoms with Crippen molar-refractivity contribution in [3.8, 4) is 5.75 Å². The first-order valence-corrected chi connectivity index (χ1v) is 6.96. The number of sulfonamides is 1. The number of nitrogens with one attached hydrogen (secondary N) is 1. The van der Waals surface area contributed by atoms with Crippen LogP contribution in [0.1, 0.15) is 0 Å². The molecule has 6 heteroatoms. The monoisotopic (exact) mass is 275 g/mol. The molecule has 0 bridgehead atoms. The number of rotatable bonds is 6. The molecule has 0 aromatic heterocycles. The Morgan fingerprint density at radius 3 is 2.47 bits per heavy atom. The predicted molar refractivity (Wildman–Crippen MR) is 68.0 cm³/mol. The quantitative estimate of drug-likeness (QED) is 0.636. The van der Waals surface area contributed by atoms with Crippen LogP contribution in [0.4, 0.5) is 0 Å². The van der Waals surface area contributed by atoms with Crippen LogP contribution in [0.3, 0.4) is 0 Å². The van der Waals surface area contributed by atoms with Crippen LogP contribution in [0, 0.1) is 0 Å². The van der Waals surface area contributed by atoms with Crippen LogP contribution in [-0.4, -0.2) is 28.0 Å². The van der Waals surface area contributed by atoms with E-state index in [1.54, 1.807) is 24.3 Å². The second-order valence-corrected chi connectivity index (χ2v) is 5.23. The number of allylic oxidation sites excluding steroid dienone is 1. The molecule has 0 fully saturated rings. The van der Waals surface area contributed by atoms with Crippen molar-refractivity contribution in [3.63, 3.8) is 0 Å². The van der Waals surface area contributed by atoms with E-state index in [1.165, 1.54) is 19.2 Å². The van der Waals surface area contributed by atoms with Crippen molar-refractivity contribution >= 4 is 21.6 Å². The molecule has 0 aliphatic carbocycles. The van der Waals surface area contributed by atoms with Crippen LogP contribution < -0.4 is 9.46 Å². The van der Waals surface area contributed by atoms with Gasteiger partial charge in [-0.05, 0) is 24.3 Å². The van der Waals surface area contributed by atoms with Crippen molar-refractivity contribution in [2.45, 2.75) is 4.90 Å². The van der Waals surface area contributed by atoms with Gasteiger partial charge in [0.1, 0.15) is 5.75 Å². The highest BCUT2D eigenvalue weighted by Gasteiger charge is 2.12. The highest BCUT2D eigenvalue weighted by molar-refractivity contribution is 7.89. The van der Waals surface area contributed by atoms with Crippen molar-refractivity contribution < 1.29 is 13.2 Å². The topological polar surface area (TPSA) is 55.4 Å². The van der Waals surface area contributed by atoms with E-state index in [1.807, 2.05) is 0 Å². The van der Waals surface area contributed by atoms with E-state index in [0.717, 1.165) is 0 Å².